The van der Waals surface area contributed by atoms with Crippen LogP contribution in [-0.4, -0.2) is 65.6 Å². The van der Waals surface area contributed by atoms with Crippen molar-refractivity contribution >= 4 is 27.5 Å². The highest BCUT2D eigenvalue weighted by Crippen LogP contribution is 2.33. The van der Waals surface area contributed by atoms with Crippen molar-refractivity contribution in [3.05, 3.63) is 78.4 Å². The van der Waals surface area contributed by atoms with E-state index in [1.807, 2.05) is 26.0 Å². The van der Waals surface area contributed by atoms with E-state index in [0.717, 1.165) is 22.7 Å². The van der Waals surface area contributed by atoms with Gasteiger partial charge >= 0.3 is 0 Å². The number of rotatable bonds is 16. The van der Waals surface area contributed by atoms with E-state index < -0.39 is 28.5 Å². The fourth-order valence-corrected chi connectivity index (χ4v) is 6.00. The van der Waals surface area contributed by atoms with Crippen LogP contribution in [0.3, 0.4) is 0 Å². The number of sulfonamides is 1. The zero-order valence-electron chi connectivity index (χ0n) is 25.4. The summed E-state index contributed by atoms with van der Waals surface area (Å²) >= 11 is 0. The average molecular weight is 612 g/mol. The van der Waals surface area contributed by atoms with Crippen molar-refractivity contribution in [3.8, 4) is 17.2 Å². The molecule has 0 saturated heterocycles. The molecular formula is C32H41N3O7S. The van der Waals surface area contributed by atoms with Gasteiger partial charge in [-0.05, 0) is 66.9 Å². The van der Waals surface area contributed by atoms with Gasteiger partial charge in [0.1, 0.15) is 29.8 Å². The molecule has 3 aromatic rings. The maximum Gasteiger partial charge on any atom is 0.264 e. The number of methoxy groups -OCH3 is 3. The zero-order chi connectivity index (χ0) is 31.4. The van der Waals surface area contributed by atoms with Crippen LogP contribution >= 0.6 is 0 Å². The van der Waals surface area contributed by atoms with Crippen molar-refractivity contribution in [3.63, 3.8) is 0 Å². The highest BCUT2D eigenvalue weighted by molar-refractivity contribution is 7.92. The van der Waals surface area contributed by atoms with E-state index in [-0.39, 0.29) is 28.8 Å². The summed E-state index contributed by atoms with van der Waals surface area (Å²) in [6.45, 7) is 3.85. The van der Waals surface area contributed by atoms with Gasteiger partial charge in [0.2, 0.25) is 11.8 Å². The number of hydrogen-bond acceptors (Lipinski definition) is 7. The summed E-state index contributed by atoms with van der Waals surface area (Å²) in [6.07, 6.45) is 2.04. The minimum Gasteiger partial charge on any atom is -0.497 e. The lowest BCUT2D eigenvalue weighted by atomic mass is 10.1. The second-order valence-corrected chi connectivity index (χ2v) is 11.7. The van der Waals surface area contributed by atoms with Crippen LogP contribution in [0.4, 0.5) is 5.69 Å². The van der Waals surface area contributed by atoms with E-state index in [2.05, 4.69) is 5.32 Å². The molecule has 1 atom stereocenters. The predicted molar refractivity (Wildman–Crippen MR) is 166 cm³/mol. The van der Waals surface area contributed by atoms with E-state index >= 15 is 0 Å². The van der Waals surface area contributed by atoms with Crippen LogP contribution in [0.1, 0.15) is 38.7 Å². The third-order valence-electron chi connectivity index (χ3n) is 7.01. The SMILES string of the molecule is CCCCNC(=O)[C@@H](CC)N(Cc1ccc(OC)cc1)C(=O)CN(c1ccccc1OC)S(=O)(=O)c1ccc(OC)cc1. The molecule has 0 aliphatic heterocycles. The van der Waals surface area contributed by atoms with E-state index in [1.165, 1.54) is 31.3 Å². The number of para-hydroxylation sites is 2. The molecule has 0 bridgehead atoms. The molecule has 2 amide bonds. The number of carbonyl (C=O) groups excluding carboxylic acids is 2. The summed E-state index contributed by atoms with van der Waals surface area (Å²) in [5.74, 6) is 0.581. The molecule has 43 heavy (non-hydrogen) atoms. The Bertz CT molecular complexity index is 1440. The number of unbranched alkanes of at least 4 members (excludes halogenated alkanes) is 1. The van der Waals surface area contributed by atoms with Crippen molar-refractivity contribution in [2.45, 2.75) is 50.6 Å². The Morgan fingerprint density at radius 1 is 0.837 bits per heavy atom. The zero-order valence-corrected chi connectivity index (χ0v) is 26.2. The summed E-state index contributed by atoms with van der Waals surface area (Å²) in [5.41, 5.74) is 0.954. The van der Waals surface area contributed by atoms with Crippen LogP contribution < -0.4 is 23.8 Å². The highest BCUT2D eigenvalue weighted by atomic mass is 32.2. The number of nitrogens with one attached hydrogen (secondary N) is 1. The maximum absolute atomic E-state index is 14.2. The monoisotopic (exact) mass is 611 g/mol. The van der Waals surface area contributed by atoms with Gasteiger partial charge in [0.05, 0.1) is 31.9 Å². The van der Waals surface area contributed by atoms with E-state index in [0.29, 0.717) is 24.5 Å². The smallest absolute Gasteiger partial charge is 0.264 e. The average Bonchev–Trinajstić information content (AvgIpc) is 3.03. The van der Waals surface area contributed by atoms with Crippen LogP contribution in [0.15, 0.2) is 77.7 Å². The topological polar surface area (TPSA) is 114 Å². The fourth-order valence-electron chi connectivity index (χ4n) is 4.58. The molecule has 0 unspecified atom stereocenters. The summed E-state index contributed by atoms with van der Waals surface area (Å²) < 4.78 is 45.2. The van der Waals surface area contributed by atoms with Gasteiger partial charge in [0.15, 0.2) is 0 Å². The normalized spacial score (nSPS) is 11.7. The molecule has 0 saturated carbocycles. The van der Waals surface area contributed by atoms with Gasteiger partial charge in [-0.2, -0.15) is 0 Å². The molecule has 10 nitrogen and oxygen atoms in total. The van der Waals surface area contributed by atoms with Gasteiger partial charge in [-0.25, -0.2) is 8.42 Å². The van der Waals surface area contributed by atoms with Crippen molar-refractivity contribution in [2.75, 3.05) is 38.7 Å². The quantitative estimate of drug-likeness (QED) is 0.235. The lowest BCUT2D eigenvalue weighted by Crippen LogP contribution is -2.52. The third-order valence-corrected chi connectivity index (χ3v) is 8.78. The second-order valence-electron chi connectivity index (χ2n) is 9.80. The Balaban J connectivity index is 2.07. The molecule has 232 valence electrons. The number of benzene rings is 3. The molecule has 11 heteroatoms. The lowest BCUT2D eigenvalue weighted by molar-refractivity contribution is -0.140. The minimum absolute atomic E-state index is 0.0296. The standard InChI is InChI=1S/C32H41N3O7S/c1-6-8-21-33-32(37)28(7-2)34(22-24-13-15-25(40-3)16-14-24)31(36)23-35(29-11-9-10-12-30(29)42-5)43(38,39)27-19-17-26(41-4)18-20-27/h9-20,28H,6-8,21-23H2,1-5H3,(H,33,37)/t28-/m1/s1. The number of amides is 2. The van der Waals surface area contributed by atoms with E-state index in [9.17, 15) is 18.0 Å². The van der Waals surface area contributed by atoms with Crippen molar-refractivity contribution < 1.29 is 32.2 Å². The fraction of sp³-hybridized carbons (Fsp3) is 0.375. The van der Waals surface area contributed by atoms with Gasteiger partial charge in [-0.3, -0.25) is 13.9 Å². The molecule has 0 aromatic heterocycles. The Morgan fingerprint density at radius 2 is 1.44 bits per heavy atom. The summed E-state index contributed by atoms with van der Waals surface area (Å²) in [6, 6.07) is 18.9. The molecular weight excluding hydrogens is 570 g/mol. The van der Waals surface area contributed by atoms with Crippen molar-refractivity contribution in [1.29, 1.82) is 0 Å². The maximum atomic E-state index is 14.2. The lowest BCUT2D eigenvalue weighted by Gasteiger charge is -2.33. The third kappa shape index (κ3) is 8.41. The van der Waals surface area contributed by atoms with Gasteiger partial charge < -0.3 is 24.4 Å². The number of nitrogens with zero attached hydrogens (tertiary/aromatic N) is 2. The number of anilines is 1. The molecule has 0 radical (unpaired) electrons. The first-order valence-electron chi connectivity index (χ1n) is 14.2. The number of carbonyl (C=O) groups is 2. The summed E-state index contributed by atoms with van der Waals surface area (Å²) in [5, 5.41) is 2.93. The van der Waals surface area contributed by atoms with Crippen molar-refractivity contribution in [2.24, 2.45) is 0 Å². The van der Waals surface area contributed by atoms with Crippen LogP contribution in [0.25, 0.3) is 0 Å². The van der Waals surface area contributed by atoms with E-state index in [1.54, 1.807) is 55.6 Å². The Morgan fingerprint density at radius 3 is 2.00 bits per heavy atom. The Kier molecular flexibility index (Phi) is 12.2. The predicted octanol–water partition coefficient (Wildman–Crippen LogP) is 4.63. The molecule has 0 aliphatic rings. The van der Waals surface area contributed by atoms with Gasteiger partial charge in [-0.15, -0.1) is 0 Å². The van der Waals surface area contributed by atoms with Gasteiger partial charge in [-0.1, -0.05) is 44.5 Å². The summed E-state index contributed by atoms with van der Waals surface area (Å²) in [4.78, 5) is 29.0. The molecule has 0 spiro atoms. The minimum atomic E-state index is -4.26. The van der Waals surface area contributed by atoms with Crippen LogP contribution in [-0.2, 0) is 26.2 Å². The molecule has 0 aliphatic carbocycles. The van der Waals surface area contributed by atoms with Crippen LogP contribution in [0.2, 0.25) is 0 Å². The molecule has 3 rings (SSSR count). The van der Waals surface area contributed by atoms with Gasteiger partial charge in [0, 0.05) is 13.1 Å². The summed E-state index contributed by atoms with van der Waals surface area (Å²) in [7, 11) is 0.227. The van der Waals surface area contributed by atoms with Crippen LogP contribution in [0, 0.1) is 0 Å². The van der Waals surface area contributed by atoms with Crippen LogP contribution in [0.5, 0.6) is 17.2 Å². The highest BCUT2D eigenvalue weighted by Gasteiger charge is 2.34. The molecule has 3 aromatic carbocycles. The number of hydrogen-bond donors (Lipinski definition) is 1. The first-order chi connectivity index (χ1) is 20.7. The van der Waals surface area contributed by atoms with Crippen molar-refractivity contribution in [1.82, 2.24) is 10.2 Å². The molecule has 0 fully saturated rings. The Labute approximate surface area is 254 Å². The molecule has 0 heterocycles. The first kappa shape index (κ1) is 33.3. The second kappa shape index (κ2) is 15.8. The Hall–Kier alpha value is -4.25. The number of ether oxygens (including phenoxy) is 3. The first-order valence-corrected chi connectivity index (χ1v) is 15.6. The van der Waals surface area contributed by atoms with Gasteiger partial charge in [0.25, 0.3) is 10.0 Å². The largest absolute Gasteiger partial charge is 0.497 e. The molecule has 1 N–H and O–H groups in total. The van der Waals surface area contributed by atoms with E-state index in [4.69, 9.17) is 14.2 Å².